The molecule has 8 nitrogen and oxygen atoms in total. The fraction of sp³-hybridized carbons (Fsp3) is 0.0833. The minimum Gasteiger partial charge on any atom is -0.481 e. The summed E-state index contributed by atoms with van der Waals surface area (Å²) in [5.41, 5.74) is 1.06. The molecule has 0 saturated carbocycles. The number of ether oxygens (including phenoxy) is 3. The van der Waals surface area contributed by atoms with Crippen LogP contribution >= 0.6 is 0 Å². The van der Waals surface area contributed by atoms with Gasteiger partial charge in [0.1, 0.15) is 11.3 Å². The Morgan fingerprint density at radius 3 is 2.61 bits per heavy atom. The minimum atomic E-state index is -0.582. The highest BCUT2D eigenvalue weighted by Crippen LogP contribution is 2.35. The molecular weight excluding hydrogens is 431 g/mol. The number of rotatable bonds is 6. The average Bonchev–Trinajstić information content (AvgIpc) is 3.43. The van der Waals surface area contributed by atoms with Gasteiger partial charge in [-0.2, -0.15) is 0 Å². The van der Waals surface area contributed by atoms with E-state index in [2.05, 4.69) is 10.6 Å². The van der Waals surface area contributed by atoms with Gasteiger partial charge in [-0.3, -0.25) is 9.59 Å². The predicted molar refractivity (Wildman–Crippen MR) is 117 cm³/mol. The van der Waals surface area contributed by atoms with Crippen LogP contribution in [-0.2, 0) is 4.79 Å². The number of hydrogen-bond acceptors (Lipinski definition) is 6. The van der Waals surface area contributed by atoms with Gasteiger partial charge in [-0.1, -0.05) is 24.3 Å². The van der Waals surface area contributed by atoms with Crippen molar-refractivity contribution in [1.82, 2.24) is 0 Å². The van der Waals surface area contributed by atoms with Crippen LogP contribution in [0.4, 0.5) is 15.8 Å². The van der Waals surface area contributed by atoms with Crippen LogP contribution in [0.5, 0.6) is 17.2 Å². The zero-order valence-electron chi connectivity index (χ0n) is 17.1. The van der Waals surface area contributed by atoms with Crippen LogP contribution in [0, 0.1) is 5.82 Å². The molecule has 0 radical (unpaired) electrons. The van der Waals surface area contributed by atoms with Gasteiger partial charge in [0.2, 0.25) is 12.6 Å². The summed E-state index contributed by atoms with van der Waals surface area (Å²) in [6, 6.07) is 17.6. The summed E-state index contributed by atoms with van der Waals surface area (Å²) < 4.78 is 35.3. The van der Waals surface area contributed by atoms with Gasteiger partial charge < -0.3 is 29.3 Å². The number of anilines is 2. The molecule has 1 aliphatic rings. The van der Waals surface area contributed by atoms with Crippen LogP contribution in [0.1, 0.15) is 10.6 Å². The minimum absolute atomic E-state index is 0.0505. The number of hydrogen-bond donors (Lipinski definition) is 2. The molecule has 2 N–H and O–H groups in total. The van der Waals surface area contributed by atoms with E-state index in [-0.39, 0.29) is 24.0 Å². The van der Waals surface area contributed by atoms with Crippen LogP contribution in [0.25, 0.3) is 11.0 Å². The summed E-state index contributed by atoms with van der Waals surface area (Å²) >= 11 is 0. The Morgan fingerprint density at radius 1 is 0.939 bits per heavy atom. The van der Waals surface area contributed by atoms with Crippen LogP contribution in [0.2, 0.25) is 0 Å². The molecule has 0 bridgehead atoms. The molecule has 33 heavy (non-hydrogen) atoms. The number of carbonyl (C=O) groups excluding carboxylic acids is 2. The normalized spacial score (nSPS) is 11.9. The van der Waals surface area contributed by atoms with E-state index in [1.165, 1.54) is 18.2 Å². The molecule has 1 aromatic heterocycles. The summed E-state index contributed by atoms with van der Waals surface area (Å²) in [6.07, 6.45) is 0. The van der Waals surface area contributed by atoms with Crippen molar-refractivity contribution in [1.29, 1.82) is 0 Å². The van der Waals surface area contributed by atoms with Crippen LogP contribution in [0.3, 0.4) is 0 Å². The van der Waals surface area contributed by atoms with Gasteiger partial charge in [0.15, 0.2) is 29.7 Å². The number of nitrogens with one attached hydrogen (secondary N) is 2. The van der Waals surface area contributed by atoms with Crippen LogP contribution < -0.4 is 24.8 Å². The number of carbonyl (C=O) groups is 2. The van der Waals surface area contributed by atoms with Crippen molar-refractivity contribution in [2.45, 2.75) is 0 Å². The topological polar surface area (TPSA) is 99.0 Å². The van der Waals surface area contributed by atoms with Gasteiger partial charge in [0.25, 0.3) is 11.8 Å². The molecule has 0 aliphatic carbocycles. The highest BCUT2D eigenvalue weighted by molar-refractivity contribution is 6.14. The van der Waals surface area contributed by atoms with E-state index >= 15 is 0 Å². The number of fused-ring (bicyclic) bond motifs is 2. The smallest absolute Gasteiger partial charge is 0.293 e. The predicted octanol–water partition coefficient (Wildman–Crippen LogP) is 4.57. The van der Waals surface area contributed by atoms with E-state index in [1.54, 1.807) is 48.5 Å². The van der Waals surface area contributed by atoms with Crippen LogP contribution in [0.15, 0.2) is 71.1 Å². The maximum Gasteiger partial charge on any atom is 0.293 e. The molecular formula is C24H17FN2O6. The van der Waals surface area contributed by atoms with E-state index in [4.69, 9.17) is 18.6 Å². The van der Waals surface area contributed by atoms with Crippen molar-refractivity contribution < 1.29 is 32.6 Å². The second-order valence-electron chi connectivity index (χ2n) is 7.09. The molecule has 1 aliphatic heterocycles. The standard InChI is InChI=1S/C24H17FN2O6/c25-16-6-2-4-8-18(16)30-12-21(28)27-22-15-5-1-3-7-17(15)33-23(22)24(29)26-14-9-10-19-20(11-14)32-13-31-19/h1-11H,12-13H2,(H,26,29)(H,27,28). The molecule has 2 amide bonds. The molecule has 166 valence electrons. The first kappa shape index (κ1) is 20.4. The lowest BCUT2D eigenvalue weighted by molar-refractivity contribution is -0.118. The van der Waals surface area contributed by atoms with E-state index in [9.17, 15) is 14.0 Å². The number of benzene rings is 3. The summed E-state index contributed by atoms with van der Waals surface area (Å²) in [5, 5.41) is 5.91. The highest BCUT2D eigenvalue weighted by atomic mass is 19.1. The lowest BCUT2D eigenvalue weighted by Crippen LogP contribution is -2.22. The Kier molecular flexibility index (Phi) is 5.27. The van der Waals surface area contributed by atoms with E-state index < -0.39 is 24.2 Å². The SMILES string of the molecule is O=C(COc1ccccc1F)Nc1c(C(=O)Nc2ccc3c(c2)OCO3)oc2ccccc12. The van der Waals surface area contributed by atoms with E-state index in [0.717, 1.165) is 0 Å². The molecule has 3 aromatic carbocycles. The Bertz CT molecular complexity index is 1370. The van der Waals surface area contributed by atoms with E-state index in [0.29, 0.717) is 28.2 Å². The van der Waals surface area contributed by atoms with Crippen molar-refractivity contribution in [3.8, 4) is 17.2 Å². The summed E-state index contributed by atoms with van der Waals surface area (Å²) in [4.78, 5) is 25.5. The first-order valence-corrected chi connectivity index (χ1v) is 9.98. The van der Waals surface area contributed by atoms with Crippen molar-refractivity contribution in [3.05, 3.63) is 78.3 Å². The van der Waals surface area contributed by atoms with Crippen LogP contribution in [-0.4, -0.2) is 25.2 Å². The summed E-state index contributed by atoms with van der Waals surface area (Å²) in [7, 11) is 0. The van der Waals surface area contributed by atoms with Gasteiger partial charge in [-0.05, 0) is 36.4 Å². The quantitative estimate of drug-likeness (QED) is 0.448. The lowest BCUT2D eigenvalue weighted by Gasteiger charge is -2.09. The molecule has 2 heterocycles. The number of amides is 2. The zero-order valence-corrected chi connectivity index (χ0v) is 17.1. The first-order valence-electron chi connectivity index (χ1n) is 9.98. The Morgan fingerprint density at radius 2 is 1.73 bits per heavy atom. The fourth-order valence-corrected chi connectivity index (χ4v) is 3.37. The number of para-hydroxylation sites is 2. The molecule has 0 fully saturated rings. The van der Waals surface area contributed by atoms with E-state index in [1.807, 2.05) is 0 Å². The van der Waals surface area contributed by atoms with Gasteiger partial charge in [-0.15, -0.1) is 0 Å². The second-order valence-corrected chi connectivity index (χ2v) is 7.09. The molecule has 9 heteroatoms. The van der Waals surface area contributed by atoms with Crippen molar-refractivity contribution in [2.75, 3.05) is 24.0 Å². The highest BCUT2D eigenvalue weighted by Gasteiger charge is 2.23. The van der Waals surface area contributed by atoms with Crippen molar-refractivity contribution in [3.63, 3.8) is 0 Å². The number of halogens is 1. The summed E-state index contributed by atoms with van der Waals surface area (Å²) in [5.74, 6) is -0.783. The molecule has 0 atom stereocenters. The average molecular weight is 448 g/mol. The summed E-state index contributed by atoms with van der Waals surface area (Å²) in [6.45, 7) is -0.342. The monoisotopic (exact) mass is 448 g/mol. The van der Waals surface area contributed by atoms with Gasteiger partial charge in [0, 0.05) is 17.1 Å². The first-order chi connectivity index (χ1) is 16.1. The van der Waals surface area contributed by atoms with Gasteiger partial charge >= 0.3 is 0 Å². The van der Waals surface area contributed by atoms with Crippen molar-refractivity contribution >= 4 is 34.2 Å². The Hall–Kier alpha value is -4.53. The molecule has 0 spiro atoms. The van der Waals surface area contributed by atoms with Gasteiger partial charge in [-0.25, -0.2) is 4.39 Å². The second kappa shape index (κ2) is 8.54. The molecule has 5 rings (SSSR count). The third-order valence-electron chi connectivity index (χ3n) is 4.89. The molecule has 0 saturated heterocycles. The number of furan rings is 1. The third-order valence-corrected chi connectivity index (χ3v) is 4.89. The Labute approximate surface area is 186 Å². The molecule has 4 aromatic rings. The third kappa shape index (κ3) is 4.16. The van der Waals surface area contributed by atoms with Crippen molar-refractivity contribution in [2.24, 2.45) is 0 Å². The zero-order chi connectivity index (χ0) is 22.8. The van der Waals surface area contributed by atoms with Gasteiger partial charge in [0.05, 0.1) is 0 Å². The maximum atomic E-state index is 13.7. The largest absolute Gasteiger partial charge is 0.481 e. The lowest BCUT2D eigenvalue weighted by atomic mass is 10.2. The maximum absolute atomic E-state index is 13.7. The Balaban J connectivity index is 1.37. The fourth-order valence-electron chi connectivity index (χ4n) is 3.37. The molecule has 0 unspecified atom stereocenters.